The molecule has 27 heavy (non-hydrogen) atoms. The number of oxime groups is 1. The molecule has 148 valence electrons. The van der Waals surface area contributed by atoms with Crippen molar-refractivity contribution in [2.75, 3.05) is 20.9 Å². The van der Waals surface area contributed by atoms with Crippen LogP contribution >= 0.6 is 11.6 Å². The molecule has 1 amide bonds. The third-order valence-electron chi connectivity index (χ3n) is 3.79. The average Bonchev–Trinajstić information content (AvgIpc) is 2.66. The van der Waals surface area contributed by atoms with Crippen LogP contribution < -0.4 is 0 Å². The molecule has 1 aromatic rings. The van der Waals surface area contributed by atoms with E-state index in [1.165, 1.54) is 14.1 Å². The van der Waals surface area contributed by atoms with Crippen molar-refractivity contribution in [2.24, 2.45) is 11.1 Å². The van der Waals surface area contributed by atoms with Gasteiger partial charge in [-0.3, -0.25) is 14.4 Å². The van der Waals surface area contributed by atoms with Crippen molar-refractivity contribution >= 4 is 34.8 Å². The first-order valence-corrected chi connectivity index (χ1v) is 8.66. The summed E-state index contributed by atoms with van der Waals surface area (Å²) in [6.45, 7) is 3.26. The maximum Gasteiger partial charge on any atom is 0.538 e. The van der Waals surface area contributed by atoms with Crippen LogP contribution in [-0.2, 0) is 23.9 Å². The lowest BCUT2D eigenvalue weighted by molar-refractivity contribution is -0.156. The molecule has 0 saturated carbocycles. The quantitative estimate of drug-likeness (QED) is 0.219. The molecule has 0 aliphatic carbocycles. The molecule has 2 unspecified atom stereocenters. The number of rotatable bonds is 8. The first-order valence-electron chi connectivity index (χ1n) is 8.28. The maximum absolute atomic E-state index is 12.4. The van der Waals surface area contributed by atoms with Crippen molar-refractivity contribution in [1.29, 1.82) is 0 Å². The van der Waals surface area contributed by atoms with Gasteiger partial charge in [0.05, 0.1) is 5.92 Å². The topological polar surface area (TPSA) is 94.5 Å². The fraction of sp³-hybridized carbons (Fsp3) is 0.444. The summed E-state index contributed by atoms with van der Waals surface area (Å²) >= 11 is 5.56. The zero-order valence-electron chi connectivity index (χ0n) is 15.7. The van der Waals surface area contributed by atoms with Crippen LogP contribution in [0.15, 0.2) is 35.5 Å². The van der Waals surface area contributed by atoms with Gasteiger partial charge >= 0.3 is 12.1 Å². The van der Waals surface area contributed by atoms with Crippen LogP contribution in [0, 0.1) is 5.92 Å². The Kier molecular flexibility index (Phi) is 9.29. The lowest BCUT2D eigenvalue weighted by atomic mass is 9.86. The number of ether oxygens (including phenoxy) is 2. The number of hydrogen-bond acceptors (Lipinski definition) is 7. The molecule has 1 rings (SSSR count). The molecule has 0 radical (unpaired) electrons. The summed E-state index contributed by atoms with van der Waals surface area (Å²) in [6.07, 6.45) is -0.489. The van der Waals surface area contributed by atoms with Crippen LogP contribution in [0.5, 0.6) is 0 Å². The van der Waals surface area contributed by atoms with E-state index < -0.39 is 35.9 Å². The highest BCUT2D eigenvalue weighted by molar-refractivity contribution is 6.82. The summed E-state index contributed by atoms with van der Waals surface area (Å²) in [5.74, 6) is -1.61. The summed E-state index contributed by atoms with van der Waals surface area (Å²) in [5, 5.41) is 2.60. The molecule has 0 aromatic heterocycles. The number of nitrogens with zero attached hydrogens (tertiary/aromatic N) is 2. The Morgan fingerprint density at radius 2 is 1.78 bits per heavy atom. The maximum atomic E-state index is 12.4. The first-order chi connectivity index (χ1) is 12.8. The number of hydrogen-bond donors (Lipinski definition) is 0. The molecule has 0 bridgehead atoms. The molecule has 0 saturated heterocycles. The molecular formula is C18H23ClN2O6. The van der Waals surface area contributed by atoms with Crippen LogP contribution in [0.25, 0.3) is 0 Å². The second kappa shape index (κ2) is 11.2. The van der Waals surface area contributed by atoms with Crippen LogP contribution in [0.4, 0.5) is 4.79 Å². The van der Waals surface area contributed by atoms with Gasteiger partial charge in [0.25, 0.3) is 5.91 Å². The predicted octanol–water partition coefficient (Wildman–Crippen LogP) is 3.11. The molecule has 0 aliphatic rings. The lowest BCUT2D eigenvalue weighted by Crippen LogP contribution is -2.27. The van der Waals surface area contributed by atoms with Gasteiger partial charge in [0.2, 0.25) is 12.0 Å². The smallest absolute Gasteiger partial charge is 0.427 e. The van der Waals surface area contributed by atoms with Crippen molar-refractivity contribution in [3.05, 3.63) is 35.9 Å². The summed E-state index contributed by atoms with van der Waals surface area (Å²) in [7, 11) is 2.91. The molecular weight excluding hydrogens is 376 g/mol. The Balaban J connectivity index is 2.56. The normalized spacial score (nSPS) is 13.3. The number of carbonyl (C=O) groups excluding carboxylic acids is 3. The SMILES string of the molecule is CCC(C)C(C(=O)OCOC(=O)ON=C(Cl)C(=O)N(C)C)c1ccccc1. The van der Waals surface area contributed by atoms with Gasteiger partial charge in [-0.25, -0.2) is 4.79 Å². The van der Waals surface area contributed by atoms with E-state index in [9.17, 15) is 14.4 Å². The molecule has 1 aromatic carbocycles. The van der Waals surface area contributed by atoms with Crippen molar-refractivity contribution in [1.82, 2.24) is 4.90 Å². The zero-order valence-corrected chi connectivity index (χ0v) is 16.4. The molecule has 0 fully saturated rings. The van der Waals surface area contributed by atoms with Crippen LogP contribution in [0.3, 0.4) is 0 Å². The minimum Gasteiger partial charge on any atom is -0.427 e. The number of halogens is 1. The van der Waals surface area contributed by atoms with Crippen molar-refractivity contribution < 1.29 is 28.7 Å². The van der Waals surface area contributed by atoms with Crippen molar-refractivity contribution in [2.45, 2.75) is 26.2 Å². The van der Waals surface area contributed by atoms with E-state index in [4.69, 9.17) is 16.3 Å². The highest BCUT2D eigenvalue weighted by Crippen LogP contribution is 2.28. The van der Waals surface area contributed by atoms with Gasteiger partial charge in [-0.15, -0.1) is 0 Å². The average molecular weight is 399 g/mol. The minimum atomic E-state index is -1.26. The Hall–Kier alpha value is -2.61. The summed E-state index contributed by atoms with van der Waals surface area (Å²) < 4.78 is 9.63. The molecule has 8 nitrogen and oxygen atoms in total. The van der Waals surface area contributed by atoms with E-state index >= 15 is 0 Å². The van der Waals surface area contributed by atoms with Crippen LogP contribution in [0.2, 0.25) is 0 Å². The van der Waals surface area contributed by atoms with Gasteiger partial charge in [0.15, 0.2) is 0 Å². The molecule has 0 heterocycles. The fourth-order valence-electron chi connectivity index (χ4n) is 2.15. The number of carbonyl (C=O) groups is 3. The summed E-state index contributed by atoms with van der Waals surface area (Å²) in [4.78, 5) is 40.7. The number of amides is 1. The fourth-order valence-corrected chi connectivity index (χ4v) is 2.35. The number of esters is 1. The summed E-state index contributed by atoms with van der Waals surface area (Å²) in [6, 6.07) is 9.21. The monoisotopic (exact) mass is 398 g/mol. The molecule has 2 atom stereocenters. The highest BCUT2D eigenvalue weighted by Gasteiger charge is 2.27. The summed E-state index contributed by atoms with van der Waals surface area (Å²) in [5.41, 5.74) is 0.818. The van der Waals surface area contributed by atoms with E-state index in [2.05, 4.69) is 14.7 Å². The van der Waals surface area contributed by atoms with Crippen molar-refractivity contribution in [3.63, 3.8) is 0 Å². The van der Waals surface area contributed by atoms with Crippen LogP contribution in [0.1, 0.15) is 31.7 Å². The number of benzene rings is 1. The predicted molar refractivity (Wildman–Crippen MR) is 99.1 cm³/mol. The van der Waals surface area contributed by atoms with E-state index in [0.29, 0.717) is 0 Å². The Morgan fingerprint density at radius 1 is 1.15 bits per heavy atom. The van der Waals surface area contributed by atoms with Crippen LogP contribution in [-0.4, -0.2) is 49.0 Å². The molecule has 0 spiro atoms. The molecule has 0 aliphatic heterocycles. The Labute approximate surface area is 163 Å². The Bertz CT molecular complexity index is 678. The van der Waals surface area contributed by atoms with Gasteiger partial charge < -0.3 is 14.4 Å². The van der Waals surface area contributed by atoms with Gasteiger partial charge in [0, 0.05) is 14.1 Å². The van der Waals surface area contributed by atoms with Gasteiger partial charge in [-0.1, -0.05) is 67.4 Å². The lowest BCUT2D eigenvalue weighted by Gasteiger charge is -2.21. The van der Waals surface area contributed by atoms with E-state index in [1.54, 1.807) is 0 Å². The third-order valence-corrected chi connectivity index (χ3v) is 4.02. The standard InChI is InChI=1S/C18H23ClN2O6/c1-5-12(2)14(13-9-7-6-8-10-13)17(23)25-11-26-18(24)27-20-15(19)16(22)21(3)4/h6-10,12,14H,5,11H2,1-4H3. The van der Waals surface area contributed by atoms with E-state index in [1.807, 2.05) is 44.2 Å². The third kappa shape index (κ3) is 7.26. The second-order valence-electron chi connectivity index (χ2n) is 5.92. The van der Waals surface area contributed by atoms with Crippen molar-refractivity contribution in [3.8, 4) is 0 Å². The first kappa shape index (κ1) is 22.4. The zero-order chi connectivity index (χ0) is 20.4. The molecule has 9 heteroatoms. The highest BCUT2D eigenvalue weighted by atomic mass is 35.5. The van der Waals surface area contributed by atoms with Gasteiger partial charge in [-0.05, 0) is 11.5 Å². The minimum absolute atomic E-state index is 0.0345. The van der Waals surface area contributed by atoms with E-state index in [-0.39, 0.29) is 5.92 Å². The largest absolute Gasteiger partial charge is 0.538 e. The van der Waals surface area contributed by atoms with Gasteiger partial charge in [-0.2, -0.15) is 0 Å². The Morgan fingerprint density at radius 3 is 2.33 bits per heavy atom. The second-order valence-corrected chi connectivity index (χ2v) is 6.28. The molecule has 0 N–H and O–H groups in total. The van der Waals surface area contributed by atoms with E-state index in [0.717, 1.165) is 16.9 Å². The van der Waals surface area contributed by atoms with Gasteiger partial charge in [0.1, 0.15) is 0 Å².